The lowest BCUT2D eigenvalue weighted by atomic mass is 10.1. The minimum absolute atomic E-state index is 0.0876. The van der Waals surface area contributed by atoms with Crippen molar-refractivity contribution in [3.8, 4) is 6.07 Å². The number of nitrogens with one attached hydrogen (secondary N) is 1. The van der Waals surface area contributed by atoms with Gasteiger partial charge in [-0.05, 0) is 37.8 Å². The molecule has 2 fully saturated rings. The van der Waals surface area contributed by atoms with Crippen molar-refractivity contribution in [1.29, 1.82) is 5.26 Å². The van der Waals surface area contributed by atoms with Crippen LogP contribution in [0, 0.1) is 11.3 Å². The highest BCUT2D eigenvalue weighted by atomic mass is 16.5. The molecule has 2 aromatic rings. The van der Waals surface area contributed by atoms with Gasteiger partial charge in [0.1, 0.15) is 18.2 Å². The fourth-order valence-electron chi connectivity index (χ4n) is 4.15. The number of amides is 2. The van der Waals surface area contributed by atoms with E-state index in [0.29, 0.717) is 19.6 Å². The molecule has 2 amide bonds. The molecule has 156 valence electrons. The van der Waals surface area contributed by atoms with Crippen LogP contribution < -0.4 is 5.32 Å². The van der Waals surface area contributed by atoms with Gasteiger partial charge in [-0.2, -0.15) is 5.26 Å². The van der Waals surface area contributed by atoms with Crippen LogP contribution in [-0.2, 0) is 20.9 Å². The number of hydrogen-bond donors (Lipinski definition) is 1. The topological polar surface area (TPSA) is 87.4 Å². The smallest absolute Gasteiger partial charge is 0.264 e. The van der Waals surface area contributed by atoms with E-state index in [-0.39, 0.29) is 30.0 Å². The minimum atomic E-state index is -0.221. The molecule has 0 aliphatic carbocycles. The predicted octanol–water partition coefficient (Wildman–Crippen LogP) is 2.47. The zero-order chi connectivity index (χ0) is 20.9. The molecule has 0 radical (unpaired) electrons. The third-order valence-corrected chi connectivity index (χ3v) is 5.73. The first-order valence-electron chi connectivity index (χ1n) is 10.5. The molecule has 2 aliphatic heterocycles. The highest BCUT2D eigenvalue weighted by Gasteiger charge is 2.22. The minimum Gasteiger partial charge on any atom is -0.376 e. The molecule has 0 spiro atoms. The number of aromatic nitrogens is 1. The third kappa shape index (κ3) is 4.39. The molecular formula is C23H26N4O3. The number of likely N-dealkylation sites (tertiary alicyclic amines) is 1. The molecule has 3 heterocycles. The second-order valence-electron chi connectivity index (χ2n) is 7.84. The van der Waals surface area contributed by atoms with Crippen LogP contribution in [0.15, 0.2) is 36.0 Å². The number of nitriles is 1. The molecule has 0 bridgehead atoms. The molecule has 1 N–H and O–H groups in total. The van der Waals surface area contributed by atoms with Gasteiger partial charge in [0.25, 0.3) is 5.91 Å². The van der Waals surface area contributed by atoms with Gasteiger partial charge in [-0.15, -0.1) is 0 Å². The second kappa shape index (κ2) is 9.14. The lowest BCUT2D eigenvalue weighted by molar-refractivity contribution is -0.125. The summed E-state index contributed by atoms with van der Waals surface area (Å²) in [4.78, 5) is 26.9. The number of ether oxygens (including phenoxy) is 1. The number of carbonyl (C=O) groups excluding carboxylic acids is 2. The van der Waals surface area contributed by atoms with Gasteiger partial charge in [-0.25, -0.2) is 0 Å². The van der Waals surface area contributed by atoms with E-state index in [4.69, 9.17) is 4.74 Å². The Morgan fingerprint density at radius 1 is 1.23 bits per heavy atom. The molecule has 1 aromatic carbocycles. The standard InChI is InChI=1S/C23H26N4O3/c24-13-17(23(29)26-9-3-4-10-26)12-18-15-27(21-8-2-1-7-20(18)21)16-22(28)25-14-19-6-5-11-30-19/h1-2,7-8,12,15,19H,3-6,9-11,14,16H2,(H,25,28)/b17-12+/t19-/m0/s1. The van der Waals surface area contributed by atoms with E-state index in [1.807, 2.05) is 35.0 Å². The lowest BCUT2D eigenvalue weighted by Crippen LogP contribution is -2.34. The number of fused-ring (bicyclic) bond motifs is 1. The fourth-order valence-corrected chi connectivity index (χ4v) is 4.15. The van der Waals surface area contributed by atoms with Crippen molar-refractivity contribution in [2.45, 2.75) is 38.3 Å². The van der Waals surface area contributed by atoms with Gasteiger partial charge >= 0.3 is 0 Å². The van der Waals surface area contributed by atoms with Crippen molar-refractivity contribution in [2.75, 3.05) is 26.2 Å². The molecule has 4 rings (SSSR count). The summed E-state index contributed by atoms with van der Waals surface area (Å²) in [5.74, 6) is -0.309. The van der Waals surface area contributed by atoms with Gasteiger partial charge in [-0.1, -0.05) is 18.2 Å². The van der Waals surface area contributed by atoms with Crippen LogP contribution in [0.1, 0.15) is 31.2 Å². The molecule has 1 atom stereocenters. The van der Waals surface area contributed by atoms with Crippen molar-refractivity contribution in [2.24, 2.45) is 0 Å². The average molecular weight is 406 g/mol. The van der Waals surface area contributed by atoms with Crippen molar-refractivity contribution in [3.05, 3.63) is 41.6 Å². The maximum atomic E-state index is 12.7. The van der Waals surface area contributed by atoms with E-state index in [1.54, 1.807) is 11.0 Å². The summed E-state index contributed by atoms with van der Waals surface area (Å²) in [7, 11) is 0. The van der Waals surface area contributed by atoms with E-state index >= 15 is 0 Å². The number of rotatable bonds is 6. The van der Waals surface area contributed by atoms with Crippen LogP contribution in [0.5, 0.6) is 0 Å². The Labute approximate surface area is 175 Å². The van der Waals surface area contributed by atoms with Crippen LogP contribution in [-0.4, -0.2) is 53.6 Å². The Hall–Kier alpha value is -3.11. The van der Waals surface area contributed by atoms with E-state index < -0.39 is 0 Å². The Balaban J connectivity index is 1.54. The van der Waals surface area contributed by atoms with Gasteiger partial charge in [0.05, 0.1) is 6.10 Å². The van der Waals surface area contributed by atoms with Crippen LogP contribution in [0.4, 0.5) is 0 Å². The first-order valence-corrected chi connectivity index (χ1v) is 10.5. The molecule has 0 saturated carbocycles. The van der Waals surface area contributed by atoms with Gasteiger partial charge in [0.2, 0.25) is 5.91 Å². The molecule has 7 heteroatoms. The summed E-state index contributed by atoms with van der Waals surface area (Å²) in [5.41, 5.74) is 1.78. The summed E-state index contributed by atoms with van der Waals surface area (Å²) in [6.45, 7) is 2.85. The zero-order valence-corrected chi connectivity index (χ0v) is 17.0. The normalized spacial score (nSPS) is 19.2. The maximum Gasteiger partial charge on any atom is 0.264 e. The summed E-state index contributed by atoms with van der Waals surface area (Å²) in [6, 6.07) is 9.77. The average Bonchev–Trinajstić information content (AvgIpc) is 3.52. The van der Waals surface area contributed by atoms with Crippen molar-refractivity contribution in [3.63, 3.8) is 0 Å². The summed E-state index contributed by atoms with van der Waals surface area (Å²) >= 11 is 0. The number of para-hydroxylation sites is 1. The van der Waals surface area contributed by atoms with E-state index in [2.05, 4.69) is 11.4 Å². The number of carbonyl (C=O) groups is 2. The summed E-state index contributed by atoms with van der Waals surface area (Å²) in [5, 5.41) is 13.4. The number of benzene rings is 1. The molecule has 30 heavy (non-hydrogen) atoms. The van der Waals surface area contributed by atoms with Crippen LogP contribution >= 0.6 is 0 Å². The van der Waals surface area contributed by atoms with E-state index in [0.717, 1.165) is 48.8 Å². The third-order valence-electron chi connectivity index (χ3n) is 5.73. The lowest BCUT2D eigenvalue weighted by Gasteiger charge is -2.13. The van der Waals surface area contributed by atoms with Crippen molar-refractivity contribution < 1.29 is 14.3 Å². The van der Waals surface area contributed by atoms with Crippen molar-refractivity contribution >= 4 is 28.8 Å². The quantitative estimate of drug-likeness (QED) is 0.590. The summed E-state index contributed by atoms with van der Waals surface area (Å²) < 4.78 is 7.42. The Morgan fingerprint density at radius 3 is 2.77 bits per heavy atom. The van der Waals surface area contributed by atoms with Gasteiger partial charge in [0, 0.05) is 48.9 Å². The van der Waals surface area contributed by atoms with E-state index in [9.17, 15) is 14.9 Å². The van der Waals surface area contributed by atoms with Gasteiger partial charge < -0.3 is 19.5 Å². The predicted molar refractivity (Wildman–Crippen MR) is 113 cm³/mol. The van der Waals surface area contributed by atoms with Gasteiger partial charge in [-0.3, -0.25) is 9.59 Å². The first-order chi connectivity index (χ1) is 14.7. The second-order valence-corrected chi connectivity index (χ2v) is 7.84. The zero-order valence-electron chi connectivity index (χ0n) is 17.0. The molecular weight excluding hydrogens is 380 g/mol. The molecule has 2 aliphatic rings. The molecule has 2 saturated heterocycles. The Morgan fingerprint density at radius 2 is 2.03 bits per heavy atom. The fraction of sp³-hybridized carbons (Fsp3) is 0.435. The largest absolute Gasteiger partial charge is 0.376 e. The monoisotopic (exact) mass is 406 g/mol. The highest BCUT2D eigenvalue weighted by molar-refractivity contribution is 6.04. The molecule has 0 unspecified atom stereocenters. The number of nitrogens with zero attached hydrogens (tertiary/aromatic N) is 3. The highest BCUT2D eigenvalue weighted by Crippen LogP contribution is 2.24. The van der Waals surface area contributed by atoms with Gasteiger partial charge in [0.15, 0.2) is 0 Å². The van der Waals surface area contributed by atoms with Crippen LogP contribution in [0.25, 0.3) is 17.0 Å². The molecule has 1 aromatic heterocycles. The van der Waals surface area contributed by atoms with Crippen LogP contribution in [0.3, 0.4) is 0 Å². The Kier molecular flexibility index (Phi) is 6.15. The van der Waals surface area contributed by atoms with Crippen LogP contribution in [0.2, 0.25) is 0 Å². The van der Waals surface area contributed by atoms with Crippen molar-refractivity contribution in [1.82, 2.24) is 14.8 Å². The first kappa shape index (κ1) is 20.2. The number of hydrogen-bond acceptors (Lipinski definition) is 4. The maximum absolute atomic E-state index is 12.7. The molecule has 7 nitrogen and oxygen atoms in total. The summed E-state index contributed by atoms with van der Waals surface area (Å²) in [6.07, 6.45) is 7.55. The van der Waals surface area contributed by atoms with E-state index in [1.165, 1.54) is 0 Å². The Bertz CT molecular complexity index is 1010. The SMILES string of the molecule is N#C/C(=C\c1cn(CC(=O)NC[C@@H]2CCCO2)c2ccccc12)C(=O)N1CCCC1.